The molecule has 1 aliphatic heterocycles. The molecule has 2 aromatic heterocycles. The first-order valence-electron chi connectivity index (χ1n) is 9.39. The van der Waals surface area contributed by atoms with Crippen LogP contribution in [-0.4, -0.2) is 40.5 Å². The fourth-order valence-corrected chi connectivity index (χ4v) is 3.26. The number of ether oxygens (including phenoxy) is 1. The van der Waals surface area contributed by atoms with Gasteiger partial charge in [-0.3, -0.25) is 15.7 Å². The normalized spacial score (nSPS) is 16.6. The number of carbonyl (C=O) groups is 1. The number of nitrogen functional groups attached to an aromatic ring is 1. The molecule has 0 aromatic carbocycles. The highest BCUT2D eigenvalue weighted by molar-refractivity contribution is 14.0. The summed E-state index contributed by atoms with van der Waals surface area (Å²) in [6.45, 7) is 4.61. The van der Waals surface area contributed by atoms with E-state index in [1.165, 1.54) is 6.20 Å². The lowest BCUT2D eigenvalue weighted by Gasteiger charge is -2.18. The lowest BCUT2D eigenvalue weighted by Crippen LogP contribution is -2.38. The molecule has 162 valence electrons. The molecule has 1 fully saturated rings. The highest BCUT2D eigenvalue weighted by Gasteiger charge is 2.19. The van der Waals surface area contributed by atoms with Crippen LogP contribution in [0.15, 0.2) is 30.6 Å². The molecule has 0 saturated carbocycles. The summed E-state index contributed by atoms with van der Waals surface area (Å²) in [6.07, 6.45) is 6.26. The van der Waals surface area contributed by atoms with Crippen molar-refractivity contribution in [3.8, 4) is 0 Å². The third-order valence-electron chi connectivity index (χ3n) is 4.65. The minimum atomic E-state index is -0.343. The fourth-order valence-electron chi connectivity index (χ4n) is 3.26. The zero-order valence-corrected chi connectivity index (χ0v) is 18.9. The van der Waals surface area contributed by atoms with E-state index in [1.807, 2.05) is 19.9 Å². The molecule has 1 saturated heterocycles. The molecule has 2 atom stereocenters. The van der Waals surface area contributed by atoms with Gasteiger partial charge in [-0.2, -0.15) is 0 Å². The Morgan fingerprint density at radius 1 is 1.45 bits per heavy atom. The van der Waals surface area contributed by atoms with Crippen LogP contribution in [0.2, 0.25) is 0 Å². The van der Waals surface area contributed by atoms with Gasteiger partial charge in [0.1, 0.15) is 5.82 Å². The van der Waals surface area contributed by atoms with Crippen LogP contribution < -0.4 is 16.4 Å². The van der Waals surface area contributed by atoms with Gasteiger partial charge in [0, 0.05) is 57.9 Å². The number of nitrogens with two attached hydrogens (primary N) is 1. The maximum atomic E-state index is 12.2. The number of hydrogen-bond acceptors (Lipinski definition) is 6. The maximum absolute atomic E-state index is 12.2. The molecule has 0 spiro atoms. The van der Waals surface area contributed by atoms with Crippen LogP contribution in [0.25, 0.3) is 0 Å². The highest BCUT2D eigenvalue weighted by atomic mass is 127. The summed E-state index contributed by atoms with van der Waals surface area (Å²) in [5, 5.41) is 13.9. The van der Waals surface area contributed by atoms with Crippen LogP contribution in [0.5, 0.6) is 0 Å². The molecule has 2 aromatic rings. The van der Waals surface area contributed by atoms with Crippen molar-refractivity contribution in [1.82, 2.24) is 15.3 Å². The van der Waals surface area contributed by atoms with Crippen LogP contribution >= 0.6 is 24.0 Å². The Bertz CT molecular complexity index is 884. The fraction of sp³-hybridized carbons (Fsp3) is 0.400. The first kappa shape index (κ1) is 23.0. The summed E-state index contributed by atoms with van der Waals surface area (Å²) in [5.41, 5.74) is 8.77. The minimum absolute atomic E-state index is 0. The maximum Gasteiger partial charge on any atom is 0.320 e. The van der Waals surface area contributed by atoms with E-state index in [1.54, 1.807) is 18.3 Å². The van der Waals surface area contributed by atoms with Gasteiger partial charge < -0.3 is 15.8 Å². The largest absolute Gasteiger partial charge is 0.398 e. The molecule has 8 nitrogen and oxygen atoms in total. The predicted octanol–water partition coefficient (Wildman–Crippen LogP) is 4.22. The number of halogens is 1. The number of nitrogens with one attached hydrogen (secondary N) is 3. The second-order valence-corrected chi connectivity index (χ2v) is 7.09. The Morgan fingerprint density at radius 2 is 2.24 bits per heavy atom. The van der Waals surface area contributed by atoms with E-state index >= 15 is 0 Å². The highest BCUT2D eigenvalue weighted by Crippen LogP contribution is 2.20. The van der Waals surface area contributed by atoms with Gasteiger partial charge in [0.25, 0.3) is 0 Å². The van der Waals surface area contributed by atoms with Crippen molar-refractivity contribution in [2.45, 2.75) is 45.3 Å². The summed E-state index contributed by atoms with van der Waals surface area (Å²) in [7, 11) is 0. The topological polar surface area (TPSA) is 126 Å². The van der Waals surface area contributed by atoms with E-state index < -0.39 is 0 Å². The molecule has 9 heteroatoms. The van der Waals surface area contributed by atoms with Gasteiger partial charge in [0.2, 0.25) is 0 Å². The number of nitrogens with zero attached hydrogens (tertiary/aromatic N) is 2. The average molecular weight is 516 g/mol. The molecular weight excluding hydrogens is 483 g/mol. The van der Waals surface area contributed by atoms with Gasteiger partial charge in [0.05, 0.1) is 11.8 Å². The van der Waals surface area contributed by atoms with E-state index in [9.17, 15) is 4.79 Å². The molecular formula is C20H33IN6O2. The Kier molecular flexibility index (Phi) is 8.32. The number of aromatic nitrogens is 2. The lowest BCUT2D eigenvalue weighted by molar-refractivity contribution is 0.0973. The Hall–Kier alpha value is -2.27. The number of anilines is 2. The van der Waals surface area contributed by atoms with Gasteiger partial charge in [-0.15, -0.1) is 24.0 Å². The quantitative estimate of drug-likeness (QED) is 0.338. The third-order valence-corrected chi connectivity index (χ3v) is 4.65. The first-order valence-corrected chi connectivity index (χ1v) is 9.39. The van der Waals surface area contributed by atoms with Gasteiger partial charge in [-0.1, -0.05) is 0 Å². The zero-order valence-electron chi connectivity index (χ0n) is 16.6. The van der Waals surface area contributed by atoms with E-state index in [4.69, 9.17) is 15.9 Å². The number of pyridine rings is 2. The minimum Gasteiger partial charge on any atom is -0.398 e. The van der Waals surface area contributed by atoms with Crippen LogP contribution in [0, 0.1) is 12.3 Å². The van der Waals surface area contributed by atoms with Gasteiger partial charge in [0.15, 0.2) is 0 Å². The third kappa shape index (κ3) is 6.36. The van der Waals surface area contributed by atoms with Crippen molar-refractivity contribution in [3.63, 3.8) is 0 Å². The summed E-state index contributed by atoms with van der Waals surface area (Å²) in [5.74, 6) is 0.335. The summed E-state index contributed by atoms with van der Waals surface area (Å²) in [4.78, 5) is 20.6. The van der Waals surface area contributed by atoms with E-state index in [2.05, 4.69) is 20.6 Å². The van der Waals surface area contributed by atoms with Crippen molar-refractivity contribution in [2.75, 3.05) is 17.7 Å². The van der Waals surface area contributed by atoms with Gasteiger partial charge in [-0.25, -0.2) is 9.78 Å². The second-order valence-electron chi connectivity index (χ2n) is 7.09. The SMILES string of the molecule is Cc1cc(C(=N)c2cnc(NC(=O)NC(C)CC3CCCO3)cc2N)ccn1.I.[HH].[HH].[HH]. The monoisotopic (exact) mass is 516 g/mol. The summed E-state index contributed by atoms with van der Waals surface area (Å²) >= 11 is 0. The van der Waals surface area contributed by atoms with Gasteiger partial charge in [-0.05, 0) is 45.2 Å². The van der Waals surface area contributed by atoms with Crippen LogP contribution in [-0.2, 0) is 4.74 Å². The number of amides is 2. The molecule has 0 aliphatic carbocycles. The number of urea groups is 1. The van der Waals surface area contributed by atoms with Crippen molar-refractivity contribution in [2.24, 2.45) is 0 Å². The summed E-state index contributed by atoms with van der Waals surface area (Å²) < 4.78 is 5.59. The molecule has 2 amide bonds. The summed E-state index contributed by atoms with van der Waals surface area (Å²) in [6, 6.07) is 4.77. The number of hydrogen-bond donors (Lipinski definition) is 4. The predicted molar refractivity (Wildman–Crippen MR) is 131 cm³/mol. The van der Waals surface area contributed by atoms with Crippen LogP contribution in [0.4, 0.5) is 16.3 Å². The average Bonchev–Trinajstić information content (AvgIpc) is 3.14. The molecule has 3 heterocycles. The van der Waals surface area contributed by atoms with E-state index in [0.717, 1.165) is 31.6 Å². The molecule has 2 unspecified atom stereocenters. The zero-order chi connectivity index (χ0) is 20.1. The number of carbonyl (C=O) groups excluding carboxylic acids is 1. The smallest absolute Gasteiger partial charge is 0.320 e. The Labute approximate surface area is 192 Å². The number of rotatable bonds is 6. The molecule has 3 rings (SSSR count). The number of aryl methyl sites for hydroxylation is 1. The van der Waals surface area contributed by atoms with Crippen LogP contribution in [0.1, 0.15) is 47.3 Å². The molecule has 0 bridgehead atoms. The van der Waals surface area contributed by atoms with Crippen molar-refractivity contribution >= 4 is 47.2 Å². The molecule has 29 heavy (non-hydrogen) atoms. The Balaban J connectivity index is 0. The first-order chi connectivity index (χ1) is 13.4. The molecule has 1 aliphatic rings. The van der Waals surface area contributed by atoms with Crippen LogP contribution in [0.3, 0.4) is 0 Å². The van der Waals surface area contributed by atoms with Gasteiger partial charge >= 0.3 is 6.03 Å². The van der Waals surface area contributed by atoms with Crippen molar-refractivity contribution in [3.05, 3.63) is 47.4 Å². The second kappa shape index (κ2) is 10.5. The van der Waals surface area contributed by atoms with Crippen molar-refractivity contribution in [1.29, 1.82) is 5.41 Å². The van der Waals surface area contributed by atoms with Crippen molar-refractivity contribution < 1.29 is 13.8 Å². The standard InChI is InChI=1S/C20H26N6O2.HI.3H2/c1-12-8-14(5-6-23-12)19(22)16-11-24-18(10-17(16)21)26-20(27)25-13(2)9-15-4-3-7-28-15;;;;/h5-6,8,10-11,13,15,22H,3-4,7,9H2,1-2H3,(H4,21,24,25,26,27);4*1H. The van der Waals surface area contributed by atoms with E-state index in [-0.39, 0.29) is 52.1 Å². The molecule has 5 N–H and O–H groups in total. The Morgan fingerprint density at radius 3 is 2.90 bits per heavy atom. The van der Waals surface area contributed by atoms with E-state index in [0.29, 0.717) is 22.6 Å². The molecule has 0 radical (unpaired) electrons. The lowest BCUT2D eigenvalue weighted by atomic mass is 10.0.